The van der Waals surface area contributed by atoms with E-state index in [0.29, 0.717) is 19.6 Å². The summed E-state index contributed by atoms with van der Waals surface area (Å²) in [6.07, 6.45) is 2.78. The van der Waals surface area contributed by atoms with E-state index in [2.05, 4.69) is 16.3 Å². The standard InChI is InChI=1S/C22H29N3O4S2/c26-22(21-20(8-15-30-21)31(27,28)25-9-4-1-5-10-25)23-16-18-6-2-3-7-19(18)17-24-11-13-29-14-12-24/h2-3,6-8,15H,1,4-5,9-14,16-17H2,(H,23,26). The fraction of sp³-hybridized carbons (Fsp3) is 0.500. The minimum absolute atomic E-state index is 0.124. The highest BCUT2D eigenvalue weighted by atomic mass is 32.2. The molecule has 0 bridgehead atoms. The first kappa shape index (κ1) is 22.4. The zero-order valence-corrected chi connectivity index (χ0v) is 19.2. The van der Waals surface area contributed by atoms with Gasteiger partial charge < -0.3 is 10.1 Å². The number of rotatable bonds is 7. The number of nitrogens with zero attached hydrogens (tertiary/aromatic N) is 2. The lowest BCUT2D eigenvalue weighted by molar-refractivity contribution is 0.0340. The number of nitrogens with one attached hydrogen (secondary N) is 1. The van der Waals surface area contributed by atoms with Gasteiger partial charge in [-0.05, 0) is 35.4 Å². The van der Waals surface area contributed by atoms with Gasteiger partial charge in [0.25, 0.3) is 5.91 Å². The van der Waals surface area contributed by atoms with Crippen LogP contribution >= 0.6 is 11.3 Å². The molecule has 4 rings (SSSR count). The van der Waals surface area contributed by atoms with Gasteiger partial charge in [-0.15, -0.1) is 11.3 Å². The molecular formula is C22H29N3O4S2. The first-order chi connectivity index (χ1) is 15.1. The van der Waals surface area contributed by atoms with Crippen LogP contribution in [0, 0.1) is 0 Å². The summed E-state index contributed by atoms with van der Waals surface area (Å²) in [4.78, 5) is 15.6. The van der Waals surface area contributed by atoms with Gasteiger partial charge in [-0.25, -0.2) is 8.42 Å². The van der Waals surface area contributed by atoms with Crippen molar-refractivity contribution >= 4 is 27.3 Å². The maximum atomic E-state index is 13.1. The fourth-order valence-electron chi connectivity index (χ4n) is 4.05. The molecule has 0 spiro atoms. The number of sulfonamides is 1. The summed E-state index contributed by atoms with van der Waals surface area (Å²) in [5.41, 5.74) is 2.20. The Bertz CT molecular complexity index is 994. The van der Waals surface area contributed by atoms with E-state index in [4.69, 9.17) is 4.74 Å². The van der Waals surface area contributed by atoms with E-state index in [1.165, 1.54) is 15.6 Å². The number of thiophene rings is 1. The molecular weight excluding hydrogens is 434 g/mol. The highest BCUT2D eigenvalue weighted by Crippen LogP contribution is 2.27. The molecule has 9 heteroatoms. The maximum Gasteiger partial charge on any atom is 0.263 e. The zero-order valence-electron chi connectivity index (χ0n) is 17.6. The molecule has 0 radical (unpaired) electrons. The lowest BCUT2D eigenvalue weighted by Crippen LogP contribution is -2.36. The quantitative estimate of drug-likeness (QED) is 0.683. The number of hydrogen-bond acceptors (Lipinski definition) is 6. The molecule has 2 aliphatic heterocycles. The Kier molecular flexibility index (Phi) is 7.39. The largest absolute Gasteiger partial charge is 0.379 e. The van der Waals surface area contributed by atoms with Gasteiger partial charge in [0.05, 0.1) is 13.2 Å². The SMILES string of the molecule is O=C(NCc1ccccc1CN1CCOCC1)c1sccc1S(=O)(=O)N1CCCCC1. The van der Waals surface area contributed by atoms with Crippen LogP contribution < -0.4 is 5.32 Å². The van der Waals surface area contributed by atoms with Gasteiger partial charge in [-0.3, -0.25) is 9.69 Å². The third-order valence-corrected chi connectivity index (χ3v) is 8.81. The summed E-state index contributed by atoms with van der Waals surface area (Å²) in [5.74, 6) is -0.341. The van der Waals surface area contributed by atoms with E-state index in [-0.39, 0.29) is 15.7 Å². The van der Waals surface area contributed by atoms with E-state index in [1.54, 1.807) is 11.4 Å². The Labute approximate surface area is 188 Å². The van der Waals surface area contributed by atoms with Crippen LogP contribution in [-0.4, -0.2) is 62.9 Å². The molecule has 0 saturated carbocycles. The van der Waals surface area contributed by atoms with E-state index < -0.39 is 10.0 Å². The van der Waals surface area contributed by atoms with Gasteiger partial charge >= 0.3 is 0 Å². The molecule has 2 saturated heterocycles. The van der Waals surface area contributed by atoms with Crippen LogP contribution in [0.15, 0.2) is 40.6 Å². The van der Waals surface area contributed by atoms with Crippen molar-refractivity contribution in [3.8, 4) is 0 Å². The highest BCUT2D eigenvalue weighted by Gasteiger charge is 2.31. The second kappa shape index (κ2) is 10.2. The van der Waals surface area contributed by atoms with Crippen molar-refractivity contribution in [1.29, 1.82) is 0 Å². The van der Waals surface area contributed by atoms with Gasteiger partial charge in [-0.1, -0.05) is 30.7 Å². The maximum absolute atomic E-state index is 13.1. The zero-order chi connectivity index (χ0) is 21.7. The number of carbonyl (C=O) groups excluding carboxylic acids is 1. The lowest BCUT2D eigenvalue weighted by Gasteiger charge is -2.27. The predicted molar refractivity (Wildman–Crippen MR) is 121 cm³/mol. The number of morpholine rings is 1. The lowest BCUT2D eigenvalue weighted by atomic mass is 10.1. The summed E-state index contributed by atoms with van der Waals surface area (Å²) in [6, 6.07) is 9.60. The Morgan fingerprint density at radius 1 is 1.00 bits per heavy atom. The van der Waals surface area contributed by atoms with Crippen LogP contribution in [-0.2, 0) is 27.8 Å². The van der Waals surface area contributed by atoms with Gasteiger partial charge in [0.1, 0.15) is 9.77 Å². The summed E-state index contributed by atoms with van der Waals surface area (Å²) in [5, 5.41) is 4.62. The van der Waals surface area contributed by atoms with E-state index in [0.717, 1.165) is 63.2 Å². The molecule has 1 aromatic heterocycles. The van der Waals surface area contributed by atoms with Crippen molar-refractivity contribution in [2.45, 2.75) is 37.2 Å². The van der Waals surface area contributed by atoms with Crippen LogP contribution in [0.2, 0.25) is 0 Å². The molecule has 0 unspecified atom stereocenters. The normalized spacial score (nSPS) is 18.7. The molecule has 1 aromatic carbocycles. The van der Waals surface area contributed by atoms with Gasteiger partial charge in [0.2, 0.25) is 10.0 Å². The van der Waals surface area contributed by atoms with E-state index in [9.17, 15) is 13.2 Å². The second-order valence-electron chi connectivity index (χ2n) is 7.92. The van der Waals surface area contributed by atoms with Gasteiger partial charge in [0, 0.05) is 39.3 Å². The molecule has 1 amide bonds. The first-order valence-electron chi connectivity index (χ1n) is 10.8. The molecule has 1 N–H and O–H groups in total. The van der Waals surface area contributed by atoms with E-state index >= 15 is 0 Å². The molecule has 2 fully saturated rings. The summed E-state index contributed by atoms with van der Waals surface area (Å²) >= 11 is 1.18. The molecule has 31 heavy (non-hydrogen) atoms. The molecule has 2 aliphatic rings. The van der Waals surface area contributed by atoms with Crippen LogP contribution in [0.25, 0.3) is 0 Å². The third-order valence-electron chi connectivity index (χ3n) is 5.82. The van der Waals surface area contributed by atoms with Crippen molar-refractivity contribution in [1.82, 2.24) is 14.5 Å². The molecule has 3 heterocycles. The number of amides is 1. The number of hydrogen-bond donors (Lipinski definition) is 1. The second-order valence-corrected chi connectivity index (χ2v) is 10.7. The smallest absolute Gasteiger partial charge is 0.263 e. The van der Waals surface area contributed by atoms with Crippen molar-refractivity contribution in [3.63, 3.8) is 0 Å². The predicted octanol–water partition coefficient (Wildman–Crippen LogP) is 2.68. The Morgan fingerprint density at radius 2 is 1.71 bits per heavy atom. The Morgan fingerprint density at radius 3 is 2.45 bits per heavy atom. The van der Waals surface area contributed by atoms with Gasteiger partial charge in [0.15, 0.2) is 0 Å². The minimum Gasteiger partial charge on any atom is -0.379 e. The highest BCUT2D eigenvalue weighted by molar-refractivity contribution is 7.89. The van der Waals surface area contributed by atoms with Crippen LogP contribution in [0.3, 0.4) is 0 Å². The third kappa shape index (κ3) is 5.35. The topological polar surface area (TPSA) is 79.0 Å². The number of piperidine rings is 1. The average Bonchev–Trinajstić information content (AvgIpc) is 3.31. The summed E-state index contributed by atoms with van der Waals surface area (Å²) in [6.45, 7) is 5.49. The minimum atomic E-state index is -3.64. The fourth-order valence-corrected chi connectivity index (χ4v) is 6.88. The number of carbonyl (C=O) groups is 1. The van der Waals surface area contributed by atoms with Crippen molar-refractivity contribution in [2.24, 2.45) is 0 Å². The summed E-state index contributed by atoms with van der Waals surface area (Å²) < 4.78 is 33.0. The molecule has 0 aliphatic carbocycles. The van der Waals surface area contributed by atoms with Gasteiger partial charge in [-0.2, -0.15) is 4.31 Å². The van der Waals surface area contributed by atoms with Crippen molar-refractivity contribution in [2.75, 3.05) is 39.4 Å². The monoisotopic (exact) mass is 463 g/mol. The van der Waals surface area contributed by atoms with Crippen LogP contribution in [0.1, 0.15) is 40.1 Å². The number of benzene rings is 1. The summed E-state index contributed by atoms with van der Waals surface area (Å²) in [7, 11) is -3.64. The van der Waals surface area contributed by atoms with E-state index in [1.807, 2.05) is 18.2 Å². The Balaban J connectivity index is 1.44. The van der Waals surface area contributed by atoms with Crippen LogP contribution in [0.4, 0.5) is 0 Å². The molecule has 0 atom stereocenters. The van der Waals surface area contributed by atoms with Crippen molar-refractivity contribution < 1.29 is 17.9 Å². The number of ether oxygens (including phenoxy) is 1. The van der Waals surface area contributed by atoms with Crippen LogP contribution in [0.5, 0.6) is 0 Å². The Hall–Kier alpha value is -1.78. The van der Waals surface area contributed by atoms with Crippen molar-refractivity contribution in [3.05, 3.63) is 51.7 Å². The molecule has 7 nitrogen and oxygen atoms in total. The molecule has 168 valence electrons. The first-order valence-corrected chi connectivity index (χ1v) is 13.1. The molecule has 2 aromatic rings. The average molecular weight is 464 g/mol.